The largest absolute Gasteiger partial charge is 0.448 e. The molecule has 0 fully saturated rings. The molecule has 0 spiro atoms. The van der Waals surface area contributed by atoms with Crippen molar-refractivity contribution in [2.45, 2.75) is 26.9 Å². The molecule has 0 saturated carbocycles. The monoisotopic (exact) mass is 291 g/mol. The standard InChI is InChI=1S/C15H17NO3S/c1-4-16-14(17)10(3)19-15(18)13-9(2)11-7-5-6-8-12(11)20-13/h5-8,10H,4H2,1-3H3,(H,16,17)/t10-/m0/s1. The summed E-state index contributed by atoms with van der Waals surface area (Å²) in [5.74, 6) is -0.720. The van der Waals surface area contributed by atoms with E-state index < -0.39 is 12.1 Å². The Balaban J connectivity index is 2.19. The van der Waals surface area contributed by atoms with Crippen LogP contribution in [0.3, 0.4) is 0 Å². The molecule has 1 atom stereocenters. The van der Waals surface area contributed by atoms with Crippen LogP contribution < -0.4 is 5.32 Å². The van der Waals surface area contributed by atoms with Gasteiger partial charge in [0.25, 0.3) is 5.91 Å². The van der Waals surface area contributed by atoms with Crippen molar-refractivity contribution < 1.29 is 14.3 Å². The van der Waals surface area contributed by atoms with Crippen LogP contribution >= 0.6 is 11.3 Å². The Bertz CT molecular complexity index is 648. The first-order chi connectivity index (χ1) is 9.54. The average molecular weight is 291 g/mol. The van der Waals surface area contributed by atoms with Crippen molar-refractivity contribution in [2.75, 3.05) is 6.54 Å². The van der Waals surface area contributed by atoms with Gasteiger partial charge in [0.2, 0.25) is 0 Å². The van der Waals surface area contributed by atoms with Crippen LogP contribution in [0.4, 0.5) is 0 Å². The van der Waals surface area contributed by atoms with Crippen LogP contribution in [0.25, 0.3) is 10.1 Å². The summed E-state index contributed by atoms with van der Waals surface area (Å²) in [5.41, 5.74) is 0.902. The van der Waals surface area contributed by atoms with E-state index in [1.807, 2.05) is 38.1 Å². The predicted molar refractivity (Wildman–Crippen MR) is 80.1 cm³/mol. The molecule has 4 nitrogen and oxygen atoms in total. The number of thiophene rings is 1. The highest BCUT2D eigenvalue weighted by atomic mass is 32.1. The number of amides is 1. The number of benzene rings is 1. The highest BCUT2D eigenvalue weighted by Gasteiger charge is 2.22. The van der Waals surface area contributed by atoms with Crippen molar-refractivity contribution in [1.82, 2.24) is 5.32 Å². The number of carbonyl (C=O) groups is 2. The van der Waals surface area contributed by atoms with Gasteiger partial charge >= 0.3 is 5.97 Å². The van der Waals surface area contributed by atoms with E-state index >= 15 is 0 Å². The van der Waals surface area contributed by atoms with E-state index in [2.05, 4.69) is 5.32 Å². The third kappa shape index (κ3) is 2.82. The molecule has 20 heavy (non-hydrogen) atoms. The first-order valence-corrected chi connectivity index (χ1v) is 7.33. The van der Waals surface area contributed by atoms with E-state index in [9.17, 15) is 9.59 Å². The summed E-state index contributed by atoms with van der Waals surface area (Å²) in [5, 5.41) is 3.68. The van der Waals surface area contributed by atoms with E-state index in [4.69, 9.17) is 4.74 Å². The molecule has 0 saturated heterocycles. The summed E-state index contributed by atoms with van der Waals surface area (Å²) in [6.07, 6.45) is -0.785. The molecule has 1 heterocycles. The third-order valence-electron chi connectivity index (χ3n) is 3.03. The van der Waals surface area contributed by atoms with Gasteiger partial charge in [-0.1, -0.05) is 18.2 Å². The van der Waals surface area contributed by atoms with Gasteiger partial charge in [0.15, 0.2) is 6.10 Å². The maximum absolute atomic E-state index is 12.2. The molecule has 0 radical (unpaired) electrons. The lowest BCUT2D eigenvalue weighted by atomic mass is 10.1. The Morgan fingerprint density at radius 3 is 2.70 bits per heavy atom. The minimum Gasteiger partial charge on any atom is -0.448 e. The smallest absolute Gasteiger partial charge is 0.349 e. The van der Waals surface area contributed by atoms with Crippen molar-refractivity contribution in [1.29, 1.82) is 0 Å². The first kappa shape index (κ1) is 14.5. The molecule has 2 aromatic rings. The average Bonchev–Trinajstić information content (AvgIpc) is 2.77. The van der Waals surface area contributed by atoms with Gasteiger partial charge in [-0.05, 0) is 37.8 Å². The SMILES string of the molecule is CCNC(=O)[C@H](C)OC(=O)c1sc2ccccc2c1C. The van der Waals surface area contributed by atoms with Gasteiger partial charge in [-0.15, -0.1) is 11.3 Å². The summed E-state index contributed by atoms with van der Waals surface area (Å²) in [6, 6.07) is 7.82. The summed E-state index contributed by atoms with van der Waals surface area (Å²) in [4.78, 5) is 24.3. The van der Waals surface area contributed by atoms with Crippen molar-refractivity contribution >= 4 is 33.3 Å². The molecule has 0 unspecified atom stereocenters. The Labute approximate surface area is 121 Å². The first-order valence-electron chi connectivity index (χ1n) is 6.51. The van der Waals surface area contributed by atoms with E-state index in [0.29, 0.717) is 11.4 Å². The second kappa shape index (κ2) is 6.05. The minimum atomic E-state index is -0.785. The molecule has 2 rings (SSSR count). The van der Waals surface area contributed by atoms with Crippen LogP contribution in [-0.4, -0.2) is 24.5 Å². The zero-order valence-corrected chi connectivity index (χ0v) is 12.5. The molecule has 1 aromatic carbocycles. The molecule has 1 amide bonds. The van der Waals surface area contributed by atoms with Gasteiger partial charge in [-0.3, -0.25) is 4.79 Å². The quantitative estimate of drug-likeness (QED) is 0.881. The highest BCUT2D eigenvalue weighted by molar-refractivity contribution is 7.21. The van der Waals surface area contributed by atoms with Crippen LogP contribution in [0.2, 0.25) is 0 Å². The van der Waals surface area contributed by atoms with Gasteiger partial charge in [0.1, 0.15) is 4.88 Å². The van der Waals surface area contributed by atoms with Gasteiger partial charge < -0.3 is 10.1 Å². The summed E-state index contributed by atoms with van der Waals surface area (Å²) < 4.78 is 6.26. The van der Waals surface area contributed by atoms with Crippen molar-refractivity contribution in [3.63, 3.8) is 0 Å². The lowest BCUT2D eigenvalue weighted by Gasteiger charge is -2.12. The van der Waals surface area contributed by atoms with Gasteiger partial charge in [0, 0.05) is 11.2 Å². The maximum Gasteiger partial charge on any atom is 0.349 e. The van der Waals surface area contributed by atoms with Crippen LogP contribution in [0.15, 0.2) is 24.3 Å². The number of ether oxygens (including phenoxy) is 1. The lowest BCUT2D eigenvalue weighted by molar-refractivity contribution is -0.128. The molecule has 0 aliphatic heterocycles. The topological polar surface area (TPSA) is 55.4 Å². The fourth-order valence-corrected chi connectivity index (χ4v) is 3.05. The van der Waals surface area contributed by atoms with Gasteiger partial charge in [-0.2, -0.15) is 0 Å². The predicted octanol–water partition coefficient (Wildman–Crippen LogP) is 2.89. The molecular weight excluding hydrogens is 274 g/mol. The zero-order valence-electron chi connectivity index (χ0n) is 11.7. The normalized spacial score (nSPS) is 12.2. The molecule has 5 heteroatoms. The molecule has 1 N–H and O–H groups in total. The minimum absolute atomic E-state index is 0.278. The van der Waals surface area contributed by atoms with Crippen molar-refractivity contribution in [3.05, 3.63) is 34.7 Å². The van der Waals surface area contributed by atoms with E-state index in [-0.39, 0.29) is 5.91 Å². The number of carbonyl (C=O) groups excluding carboxylic acids is 2. The number of aryl methyl sites for hydroxylation is 1. The van der Waals surface area contributed by atoms with Crippen LogP contribution in [0.5, 0.6) is 0 Å². The van der Waals surface area contributed by atoms with Crippen molar-refractivity contribution in [2.24, 2.45) is 0 Å². The zero-order chi connectivity index (χ0) is 14.7. The van der Waals surface area contributed by atoms with Crippen LogP contribution in [-0.2, 0) is 9.53 Å². The van der Waals surface area contributed by atoms with E-state index in [0.717, 1.165) is 15.6 Å². The number of likely N-dealkylation sites (N-methyl/N-ethyl adjacent to an activating group) is 1. The molecule has 106 valence electrons. The second-order valence-corrected chi connectivity index (χ2v) is 5.55. The molecule has 0 aliphatic rings. The number of fused-ring (bicyclic) bond motifs is 1. The number of esters is 1. The summed E-state index contributed by atoms with van der Waals surface area (Å²) >= 11 is 1.39. The number of hydrogen-bond acceptors (Lipinski definition) is 4. The number of nitrogens with one attached hydrogen (secondary N) is 1. The molecular formula is C15H17NO3S. The Morgan fingerprint density at radius 2 is 2.05 bits per heavy atom. The lowest BCUT2D eigenvalue weighted by Crippen LogP contribution is -2.35. The Morgan fingerprint density at radius 1 is 1.35 bits per heavy atom. The van der Waals surface area contributed by atoms with E-state index in [1.165, 1.54) is 11.3 Å². The van der Waals surface area contributed by atoms with E-state index in [1.54, 1.807) is 6.92 Å². The van der Waals surface area contributed by atoms with Crippen LogP contribution in [0.1, 0.15) is 29.1 Å². The molecule has 1 aromatic heterocycles. The van der Waals surface area contributed by atoms with Gasteiger partial charge in [-0.25, -0.2) is 4.79 Å². The molecule has 0 aliphatic carbocycles. The number of hydrogen-bond donors (Lipinski definition) is 1. The number of rotatable bonds is 4. The summed E-state index contributed by atoms with van der Waals surface area (Å²) in [7, 11) is 0. The second-order valence-electron chi connectivity index (χ2n) is 4.49. The molecule has 0 bridgehead atoms. The Kier molecular flexibility index (Phi) is 4.39. The van der Waals surface area contributed by atoms with Gasteiger partial charge in [0.05, 0.1) is 0 Å². The van der Waals surface area contributed by atoms with Crippen molar-refractivity contribution in [3.8, 4) is 0 Å². The summed E-state index contributed by atoms with van der Waals surface area (Å²) in [6.45, 7) is 5.81. The highest BCUT2D eigenvalue weighted by Crippen LogP contribution is 2.31. The Hall–Kier alpha value is -1.88. The van der Waals surface area contributed by atoms with Crippen LogP contribution in [0, 0.1) is 6.92 Å². The fourth-order valence-electron chi connectivity index (χ4n) is 1.95. The fraction of sp³-hybridized carbons (Fsp3) is 0.333. The third-order valence-corrected chi connectivity index (χ3v) is 4.29. The maximum atomic E-state index is 12.2.